The maximum atomic E-state index is 15.2. The Kier molecular flexibility index (Phi) is 5.11. The third-order valence-electron chi connectivity index (χ3n) is 4.99. The van der Waals surface area contributed by atoms with Crippen LogP contribution in [0, 0.1) is 5.82 Å². The average molecular weight is 426 g/mol. The van der Waals surface area contributed by atoms with Crippen LogP contribution in [0.15, 0.2) is 41.5 Å². The van der Waals surface area contributed by atoms with E-state index in [4.69, 9.17) is 22.1 Å². The van der Waals surface area contributed by atoms with Crippen molar-refractivity contribution in [3.63, 3.8) is 0 Å². The average Bonchev–Trinajstić information content (AvgIpc) is 2.61. The van der Waals surface area contributed by atoms with Crippen molar-refractivity contribution in [1.29, 1.82) is 0 Å². The molecule has 0 saturated carbocycles. The van der Waals surface area contributed by atoms with Crippen molar-refractivity contribution in [2.75, 3.05) is 0 Å². The zero-order chi connectivity index (χ0) is 21.6. The molecule has 0 bridgehead atoms. The van der Waals surface area contributed by atoms with Gasteiger partial charge in [-0.3, -0.25) is 9.78 Å². The first-order chi connectivity index (χ1) is 13.4. The van der Waals surface area contributed by atoms with Crippen molar-refractivity contribution >= 4 is 23.4 Å². The van der Waals surface area contributed by atoms with Gasteiger partial charge in [-0.25, -0.2) is 9.38 Å². The number of nitrogens with zero attached hydrogens (tertiary/aromatic N) is 2. The van der Waals surface area contributed by atoms with Gasteiger partial charge in [0.15, 0.2) is 16.9 Å². The van der Waals surface area contributed by atoms with Gasteiger partial charge in [-0.15, -0.1) is 0 Å². The summed E-state index contributed by atoms with van der Waals surface area (Å²) in [5.74, 6) is -4.85. The fraction of sp³-hybridized carbons (Fsp3) is 0.350. The van der Waals surface area contributed by atoms with Gasteiger partial charge < -0.3 is 10.5 Å². The number of Topliss-reactive ketones (excluding diaryl/α,β-unsaturated/α-hetero) is 1. The summed E-state index contributed by atoms with van der Waals surface area (Å²) in [6.07, 6.45) is 1.16. The van der Waals surface area contributed by atoms with E-state index in [0.717, 1.165) is 26.8 Å². The number of aromatic nitrogens is 1. The van der Waals surface area contributed by atoms with Crippen LogP contribution in [0.3, 0.4) is 0 Å². The van der Waals surface area contributed by atoms with Gasteiger partial charge in [0.05, 0.1) is 5.02 Å². The number of ether oxygens (including phenoxy) is 1. The summed E-state index contributed by atoms with van der Waals surface area (Å²) in [5.41, 5.74) is 1.38. The molecule has 3 rings (SSSR count). The predicted molar refractivity (Wildman–Crippen MR) is 103 cm³/mol. The minimum atomic E-state index is -3.59. The second-order valence-corrected chi connectivity index (χ2v) is 7.92. The molecular weight excluding hydrogens is 407 g/mol. The Bertz CT molecular complexity index is 993. The van der Waals surface area contributed by atoms with Crippen LogP contribution in [0.25, 0.3) is 0 Å². The van der Waals surface area contributed by atoms with Crippen LogP contribution in [0.2, 0.25) is 5.02 Å². The quantitative estimate of drug-likeness (QED) is 0.742. The largest absolute Gasteiger partial charge is 0.453 e. The molecule has 1 aromatic heterocycles. The van der Waals surface area contributed by atoms with E-state index < -0.39 is 28.9 Å². The lowest BCUT2D eigenvalue weighted by Crippen LogP contribution is -2.62. The van der Waals surface area contributed by atoms with Crippen LogP contribution in [-0.2, 0) is 16.7 Å². The molecule has 2 N–H and O–H groups in total. The fourth-order valence-corrected chi connectivity index (χ4v) is 3.44. The Balaban J connectivity index is 2.02. The minimum absolute atomic E-state index is 0.159. The molecule has 5 nitrogen and oxygen atoms in total. The van der Waals surface area contributed by atoms with Gasteiger partial charge in [-0.1, -0.05) is 17.7 Å². The fourth-order valence-electron chi connectivity index (χ4n) is 3.33. The van der Waals surface area contributed by atoms with Gasteiger partial charge in [-0.05, 0) is 50.6 Å². The zero-order valence-corrected chi connectivity index (χ0v) is 16.7. The van der Waals surface area contributed by atoms with Gasteiger partial charge >= 0.3 is 5.92 Å². The molecule has 0 radical (unpaired) electrons. The lowest BCUT2D eigenvalue weighted by molar-refractivity contribution is -0.207. The van der Waals surface area contributed by atoms with E-state index >= 15 is 8.78 Å². The summed E-state index contributed by atoms with van der Waals surface area (Å²) in [6.45, 7) is 3.41. The topological polar surface area (TPSA) is 77.6 Å². The van der Waals surface area contributed by atoms with Crippen LogP contribution in [0.4, 0.5) is 13.2 Å². The molecule has 2 aromatic rings. The first-order valence-electron chi connectivity index (χ1n) is 8.73. The van der Waals surface area contributed by atoms with E-state index in [1.54, 1.807) is 0 Å². The SMILES string of the molecule is CC1(C)OC(N)=N[C@](C)(c2cc(CC(=O)c3ccc(Cl)cn3)ccc2F)C1(F)F. The van der Waals surface area contributed by atoms with E-state index in [0.29, 0.717) is 10.6 Å². The molecule has 1 aromatic carbocycles. The Morgan fingerprint density at radius 2 is 1.90 bits per heavy atom. The number of ketones is 1. The van der Waals surface area contributed by atoms with Gasteiger partial charge in [-0.2, -0.15) is 8.78 Å². The predicted octanol–water partition coefficient (Wildman–Crippen LogP) is 4.27. The number of nitrogens with two attached hydrogens (primary N) is 1. The number of aliphatic imine (C=N–C) groups is 1. The number of hydrogen-bond acceptors (Lipinski definition) is 5. The van der Waals surface area contributed by atoms with Crippen molar-refractivity contribution in [3.8, 4) is 0 Å². The molecule has 29 heavy (non-hydrogen) atoms. The summed E-state index contributed by atoms with van der Waals surface area (Å²) in [5, 5.41) is 0.373. The second-order valence-electron chi connectivity index (χ2n) is 7.48. The highest BCUT2D eigenvalue weighted by Crippen LogP contribution is 2.51. The number of rotatable bonds is 4. The maximum absolute atomic E-state index is 15.2. The molecule has 0 spiro atoms. The number of benzene rings is 1. The van der Waals surface area contributed by atoms with Gasteiger partial charge in [0.2, 0.25) is 0 Å². The van der Waals surface area contributed by atoms with Crippen molar-refractivity contribution < 1.29 is 22.7 Å². The Hall–Kier alpha value is -2.61. The summed E-state index contributed by atoms with van der Waals surface area (Å²) in [4.78, 5) is 20.1. The summed E-state index contributed by atoms with van der Waals surface area (Å²) in [6, 6.07) is 6.09. The first-order valence-corrected chi connectivity index (χ1v) is 9.11. The van der Waals surface area contributed by atoms with Gasteiger partial charge in [0, 0.05) is 18.2 Å². The molecule has 1 aliphatic heterocycles. The third kappa shape index (κ3) is 3.57. The zero-order valence-electron chi connectivity index (χ0n) is 16.0. The number of halogens is 4. The molecule has 9 heteroatoms. The minimum Gasteiger partial charge on any atom is -0.453 e. The van der Waals surface area contributed by atoms with Gasteiger partial charge in [0.25, 0.3) is 6.02 Å². The monoisotopic (exact) mass is 425 g/mol. The lowest BCUT2D eigenvalue weighted by atomic mass is 9.76. The second kappa shape index (κ2) is 7.02. The number of pyridine rings is 1. The van der Waals surface area contributed by atoms with E-state index in [9.17, 15) is 9.18 Å². The summed E-state index contributed by atoms with van der Waals surface area (Å²) >= 11 is 5.76. The Morgan fingerprint density at radius 3 is 2.52 bits per heavy atom. The number of carbonyl (C=O) groups is 1. The van der Waals surface area contributed by atoms with Gasteiger partial charge in [0.1, 0.15) is 11.5 Å². The highest BCUT2D eigenvalue weighted by molar-refractivity contribution is 6.30. The van der Waals surface area contributed by atoms with Crippen LogP contribution < -0.4 is 5.73 Å². The lowest BCUT2D eigenvalue weighted by Gasteiger charge is -2.46. The molecule has 1 aliphatic rings. The Morgan fingerprint density at radius 1 is 1.21 bits per heavy atom. The maximum Gasteiger partial charge on any atom is 0.315 e. The number of amidine groups is 1. The van der Waals surface area contributed by atoms with Crippen LogP contribution in [-0.4, -0.2) is 28.3 Å². The van der Waals surface area contributed by atoms with Crippen molar-refractivity contribution in [3.05, 3.63) is 64.2 Å². The molecule has 0 saturated heterocycles. The summed E-state index contributed by atoms with van der Waals surface area (Å²) in [7, 11) is 0. The molecular formula is C20H19ClF3N3O2. The standard InChI is InChI=1S/C20H19ClF3N3O2/c1-18(2)20(23,24)19(3,27-17(25)29-18)13-8-11(4-6-14(13)22)9-16(28)15-7-5-12(21)10-26-15/h4-8,10H,9H2,1-3H3,(H2,25,27)/t19-/m1/s1. The van der Waals surface area contributed by atoms with Crippen molar-refractivity contribution in [2.24, 2.45) is 10.7 Å². The molecule has 1 atom stereocenters. The molecule has 0 fully saturated rings. The van der Waals surface area contributed by atoms with E-state index in [2.05, 4.69) is 9.98 Å². The normalized spacial score (nSPS) is 22.5. The summed E-state index contributed by atoms with van der Waals surface area (Å²) < 4.78 is 50.1. The van der Waals surface area contributed by atoms with E-state index in [-0.39, 0.29) is 23.5 Å². The number of hydrogen-bond donors (Lipinski definition) is 1. The first kappa shape index (κ1) is 21.1. The van der Waals surface area contributed by atoms with Crippen LogP contribution in [0.5, 0.6) is 0 Å². The highest BCUT2D eigenvalue weighted by atomic mass is 35.5. The number of alkyl halides is 2. The third-order valence-corrected chi connectivity index (χ3v) is 5.22. The Labute approximate surface area is 170 Å². The van der Waals surface area contributed by atoms with Crippen molar-refractivity contribution in [1.82, 2.24) is 4.98 Å². The molecule has 2 heterocycles. The van der Waals surface area contributed by atoms with E-state index in [1.165, 1.54) is 30.5 Å². The smallest absolute Gasteiger partial charge is 0.315 e. The van der Waals surface area contributed by atoms with Crippen LogP contribution in [0.1, 0.15) is 42.4 Å². The van der Waals surface area contributed by atoms with Crippen molar-refractivity contribution in [2.45, 2.75) is 44.3 Å². The number of carbonyl (C=O) groups excluding carboxylic acids is 1. The highest BCUT2D eigenvalue weighted by Gasteiger charge is 2.66. The molecule has 0 unspecified atom stereocenters. The molecule has 154 valence electrons. The molecule has 0 aliphatic carbocycles. The van der Waals surface area contributed by atoms with Crippen LogP contribution >= 0.6 is 11.6 Å². The van der Waals surface area contributed by atoms with E-state index in [1.807, 2.05) is 0 Å². The molecule has 0 amide bonds.